The number of allylic oxidation sites excluding steroid dienone is 2. The van der Waals surface area contributed by atoms with E-state index < -0.39 is 16.1 Å². The van der Waals surface area contributed by atoms with E-state index in [1.165, 1.54) is 14.5 Å². The van der Waals surface area contributed by atoms with Gasteiger partial charge in [0.15, 0.2) is 17.3 Å². The normalized spacial score (nSPS) is 14.7. The lowest BCUT2D eigenvalue weighted by molar-refractivity contribution is 0.0988. The first kappa shape index (κ1) is 49.0. The number of fused-ring (bicyclic) bond motifs is 4. The summed E-state index contributed by atoms with van der Waals surface area (Å²) in [6.45, 7) is 28.5. The van der Waals surface area contributed by atoms with Gasteiger partial charge in [0, 0.05) is 68.7 Å². The fraction of sp³-hybridized carbons (Fsp3) is 0.317. The second-order valence-electron chi connectivity index (χ2n) is 20.7. The Morgan fingerprint density at radius 3 is 1.29 bits per heavy atom. The van der Waals surface area contributed by atoms with Crippen molar-refractivity contribution in [1.29, 1.82) is 0 Å². The molecule has 4 aromatic heterocycles. The van der Waals surface area contributed by atoms with Crippen LogP contribution in [0.5, 0.6) is 0 Å². The van der Waals surface area contributed by atoms with E-state index in [9.17, 15) is 14.4 Å². The van der Waals surface area contributed by atoms with Crippen LogP contribution in [0.4, 0.5) is 0 Å². The van der Waals surface area contributed by atoms with Crippen molar-refractivity contribution in [3.8, 4) is 42.4 Å². The Labute approximate surface area is 426 Å². The van der Waals surface area contributed by atoms with Gasteiger partial charge in [-0.05, 0) is 87.4 Å². The molecule has 3 aromatic carbocycles. The first-order valence-electron chi connectivity index (χ1n) is 24.4. The molecule has 0 bridgehead atoms. The van der Waals surface area contributed by atoms with Crippen molar-refractivity contribution in [3.05, 3.63) is 139 Å². The molecule has 0 unspecified atom stereocenters. The molecule has 69 heavy (non-hydrogen) atoms. The summed E-state index contributed by atoms with van der Waals surface area (Å²) < 4.78 is 2.33. The van der Waals surface area contributed by atoms with Crippen molar-refractivity contribution >= 4 is 111 Å². The highest BCUT2D eigenvalue weighted by molar-refractivity contribution is 7.28. The second kappa shape index (κ2) is 19.0. The van der Waals surface area contributed by atoms with Gasteiger partial charge in [-0.1, -0.05) is 143 Å². The molecule has 3 nitrogen and oxygen atoms in total. The summed E-state index contributed by atoms with van der Waals surface area (Å²) >= 11 is 6.94. The van der Waals surface area contributed by atoms with Crippen molar-refractivity contribution in [2.24, 2.45) is 0 Å². The second-order valence-corrected chi connectivity index (χ2v) is 36.2. The van der Waals surface area contributed by atoms with E-state index in [0.717, 1.165) is 62.8 Å². The third-order valence-corrected chi connectivity index (χ3v) is 32.5. The Balaban J connectivity index is 1.26. The van der Waals surface area contributed by atoms with Gasteiger partial charge in [-0.25, -0.2) is 0 Å². The summed E-state index contributed by atoms with van der Waals surface area (Å²) in [5, 5.41) is 2.29. The Morgan fingerprint density at radius 2 is 0.870 bits per heavy atom. The van der Waals surface area contributed by atoms with Crippen molar-refractivity contribution in [2.75, 3.05) is 0 Å². The van der Waals surface area contributed by atoms with E-state index >= 15 is 0 Å². The van der Waals surface area contributed by atoms with E-state index in [-0.39, 0.29) is 22.9 Å². The minimum absolute atomic E-state index is 0.127. The van der Waals surface area contributed by atoms with E-state index in [4.69, 9.17) is 0 Å². The Kier molecular flexibility index (Phi) is 13.5. The minimum atomic E-state index is -2.15. The molecular weight excluding hydrogens is 953 g/mol. The quantitative estimate of drug-likeness (QED) is 0.0594. The highest BCUT2D eigenvalue weighted by Gasteiger charge is 2.43. The number of benzene rings is 3. The molecule has 9 rings (SSSR count). The van der Waals surface area contributed by atoms with Crippen LogP contribution in [-0.2, 0) is 6.42 Å². The van der Waals surface area contributed by atoms with E-state index in [1.54, 1.807) is 52.2 Å². The maximum absolute atomic E-state index is 13.4. The van der Waals surface area contributed by atoms with Crippen LogP contribution in [0.2, 0.25) is 33.2 Å². The van der Waals surface area contributed by atoms with Gasteiger partial charge >= 0.3 is 0 Å². The zero-order valence-electron chi connectivity index (χ0n) is 41.8. The predicted octanol–water partition coefficient (Wildman–Crippen LogP) is 18.0. The Morgan fingerprint density at radius 1 is 0.464 bits per heavy atom. The summed E-state index contributed by atoms with van der Waals surface area (Å²) in [5.41, 5.74) is 17.2. The third kappa shape index (κ3) is 8.41. The highest BCUT2D eigenvalue weighted by atomic mass is 32.1. The molecular formula is C60H60O3S4Si2. The number of hydrogen-bond acceptors (Lipinski definition) is 7. The summed E-state index contributed by atoms with van der Waals surface area (Å²) in [6, 6.07) is 28.3. The maximum Gasteiger partial charge on any atom is 0.197 e. The molecule has 0 aliphatic heterocycles. The number of rotatable bonds is 10. The van der Waals surface area contributed by atoms with Crippen LogP contribution in [0.1, 0.15) is 141 Å². The number of carbonyl (C=O) groups is 3. The van der Waals surface area contributed by atoms with Crippen molar-refractivity contribution < 1.29 is 14.4 Å². The monoisotopic (exact) mass is 1010 g/mol. The van der Waals surface area contributed by atoms with Gasteiger partial charge in [0.05, 0.1) is 26.1 Å². The third-order valence-electron chi connectivity index (χ3n) is 15.2. The standard InChI is InChI=1S/C60H60O3S4Si2/c1-34(2)68(35(3)4,36(5)6)27-25-47-49-32-54(52-23-21-42(64-52)30-41-29-40-17-13-14-18-44(40)56(41)61)66-59(49)48(26-28-69(37(7)8,38(9)10)39(11)12)50-33-55(67-60(47)50)53-24-22-43(65-53)31-51-57(62)45-19-15-16-20-46(45)58(51)63/h13-24,30-39H,29H2,1-12H3/b41-30-. The molecule has 350 valence electrons. The molecule has 4 heterocycles. The number of carbonyl (C=O) groups excluding carboxylic acids is 3. The molecule has 0 saturated heterocycles. The average molecular weight is 1010 g/mol. The average Bonchev–Trinajstić information content (AvgIpc) is 4.18. The van der Waals surface area contributed by atoms with Crippen molar-refractivity contribution in [3.63, 3.8) is 0 Å². The highest BCUT2D eigenvalue weighted by Crippen LogP contribution is 2.49. The summed E-state index contributed by atoms with van der Waals surface area (Å²) in [4.78, 5) is 46.7. The lowest BCUT2D eigenvalue weighted by Crippen LogP contribution is -2.43. The van der Waals surface area contributed by atoms with E-state index in [0.29, 0.717) is 50.8 Å². The molecule has 0 amide bonds. The number of thiophene rings is 4. The van der Waals surface area contributed by atoms with Gasteiger partial charge in [-0.2, -0.15) is 0 Å². The zero-order valence-corrected chi connectivity index (χ0v) is 47.0. The van der Waals surface area contributed by atoms with Gasteiger partial charge in [-0.15, -0.1) is 56.4 Å². The molecule has 9 heteroatoms. The van der Waals surface area contributed by atoms with Gasteiger partial charge in [0.1, 0.15) is 16.1 Å². The maximum atomic E-state index is 13.4. The first-order valence-corrected chi connectivity index (χ1v) is 32.1. The van der Waals surface area contributed by atoms with E-state index in [1.807, 2.05) is 47.7 Å². The molecule has 0 atom stereocenters. The summed E-state index contributed by atoms with van der Waals surface area (Å²) in [6.07, 6.45) is 4.52. The zero-order chi connectivity index (χ0) is 49.3. The SMILES string of the molecule is CC(C)[Si](C#Cc1c2cc(-c3ccc(/C=C4/Cc5ccccc5C4=O)s3)sc2c(C#C[Si](C(C)C)(C(C)C)C(C)C)c2cc(-c3ccc(C=C4C(=O)c5ccccc5C4=O)s3)sc12)(C(C)C)C(C)C. The lowest BCUT2D eigenvalue weighted by Gasteiger charge is -2.38. The van der Waals surface area contributed by atoms with Crippen LogP contribution < -0.4 is 0 Å². The van der Waals surface area contributed by atoms with Crippen LogP contribution in [0.25, 0.3) is 51.8 Å². The lowest BCUT2D eigenvalue weighted by atomic mass is 10.0. The summed E-state index contributed by atoms with van der Waals surface area (Å²) in [5.74, 6) is 7.71. The number of Topliss-reactive ketones (excluding diaryl/α,β-unsaturated/α-hetero) is 3. The molecule has 0 spiro atoms. The first-order chi connectivity index (χ1) is 32.9. The van der Waals surface area contributed by atoms with Crippen LogP contribution >= 0.6 is 45.3 Å². The molecule has 2 aliphatic carbocycles. The smallest absolute Gasteiger partial charge is 0.197 e. The Bertz CT molecular complexity index is 3240. The number of ketones is 3. The van der Waals surface area contributed by atoms with Crippen LogP contribution in [0, 0.1) is 22.9 Å². The van der Waals surface area contributed by atoms with Crippen molar-refractivity contribution in [1.82, 2.24) is 0 Å². The summed E-state index contributed by atoms with van der Waals surface area (Å²) in [7, 11) is -4.30. The minimum Gasteiger partial charge on any atom is -0.289 e. The van der Waals surface area contributed by atoms with Gasteiger partial charge in [-0.3, -0.25) is 14.4 Å². The van der Waals surface area contributed by atoms with Gasteiger partial charge in [0.25, 0.3) is 0 Å². The van der Waals surface area contributed by atoms with E-state index in [2.05, 4.69) is 148 Å². The van der Waals surface area contributed by atoms with Crippen molar-refractivity contribution in [2.45, 2.75) is 123 Å². The predicted molar refractivity (Wildman–Crippen MR) is 305 cm³/mol. The molecule has 7 aromatic rings. The fourth-order valence-electron chi connectivity index (χ4n) is 11.8. The topological polar surface area (TPSA) is 51.2 Å². The van der Waals surface area contributed by atoms with Gasteiger partial charge < -0.3 is 0 Å². The number of hydrogen-bond donors (Lipinski definition) is 0. The van der Waals surface area contributed by atoms with Gasteiger partial charge in [0.2, 0.25) is 0 Å². The largest absolute Gasteiger partial charge is 0.289 e. The molecule has 2 aliphatic rings. The Hall–Kier alpha value is -4.98. The fourth-order valence-corrected chi connectivity index (χ4v) is 26.6. The molecule has 0 fully saturated rings. The molecule has 0 radical (unpaired) electrons. The molecule has 0 N–H and O–H groups in total. The van der Waals surface area contributed by atoms with Crippen LogP contribution in [-0.4, -0.2) is 33.5 Å². The molecule has 0 saturated carbocycles. The van der Waals surface area contributed by atoms with Crippen LogP contribution in [0.15, 0.2) is 96.1 Å². The van der Waals surface area contributed by atoms with Crippen LogP contribution in [0.3, 0.4) is 0 Å².